The summed E-state index contributed by atoms with van der Waals surface area (Å²) in [6.45, 7) is -0.0126. The van der Waals surface area contributed by atoms with Gasteiger partial charge in [-0.15, -0.1) is 11.3 Å². The molecule has 1 aromatic heterocycles. The number of halogens is 1. The van der Waals surface area contributed by atoms with Gasteiger partial charge in [0.2, 0.25) is 0 Å². The Morgan fingerprint density at radius 1 is 1.26 bits per heavy atom. The Kier molecular flexibility index (Phi) is 4.50. The van der Waals surface area contributed by atoms with E-state index in [1.807, 2.05) is 17.5 Å². The van der Waals surface area contributed by atoms with Gasteiger partial charge in [0, 0.05) is 16.0 Å². The Morgan fingerprint density at radius 3 is 2.59 bits per heavy atom. The number of hydrogen-bond acceptors (Lipinski definition) is 7. The van der Waals surface area contributed by atoms with Crippen molar-refractivity contribution in [1.82, 2.24) is 9.88 Å². The first kappa shape index (κ1) is 18.4. The molecule has 10 heteroatoms. The van der Waals surface area contributed by atoms with Crippen molar-refractivity contribution < 1.29 is 18.6 Å². The standard InChI is InChI=1S/C17H16ClN3O4S2/c18-10-3-1-9(2-4-10)11-6-26-17(20-11)15-13(22)5-21(16(15)19)12-7-27(24,25)8-14(12)23/h1-4,6,12,14,19,22-23H,5,7-8H2/t12-,14-/m1/s1. The van der Waals surface area contributed by atoms with Gasteiger partial charge in [-0.1, -0.05) is 23.7 Å². The highest BCUT2D eigenvalue weighted by atomic mass is 35.5. The van der Waals surface area contributed by atoms with Gasteiger partial charge in [-0.25, -0.2) is 13.4 Å². The molecule has 2 atom stereocenters. The number of nitrogens with one attached hydrogen (secondary N) is 1. The minimum absolute atomic E-state index is 0.0126. The molecule has 1 aromatic carbocycles. The third-order valence-corrected chi connectivity index (χ3v) is 7.50. The van der Waals surface area contributed by atoms with E-state index in [-0.39, 0.29) is 35.2 Å². The van der Waals surface area contributed by atoms with Crippen LogP contribution in [0, 0.1) is 5.41 Å². The van der Waals surface area contributed by atoms with Gasteiger partial charge in [-0.05, 0) is 12.1 Å². The van der Waals surface area contributed by atoms with E-state index in [0.717, 1.165) is 5.56 Å². The van der Waals surface area contributed by atoms with Crippen LogP contribution < -0.4 is 0 Å². The molecule has 2 aliphatic rings. The van der Waals surface area contributed by atoms with E-state index >= 15 is 0 Å². The molecule has 3 N–H and O–H groups in total. The Labute approximate surface area is 165 Å². The summed E-state index contributed by atoms with van der Waals surface area (Å²) in [6.07, 6.45) is -1.08. The highest BCUT2D eigenvalue weighted by Gasteiger charge is 2.44. The zero-order valence-electron chi connectivity index (χ0n) is 14.0. The Morgan fingerprint density at radius 2 is 1.96 bits per heavy atom. The van der Waals surface area contributed by atoms with Crippen LogP contribution in [0.4, 0.5) is 0 Å². The number of hydrogen-bond donors (Lipinski definition) is 3. The predicted molar refractivity (Wildman–Crippen MR) is 105 cm³/mol. The second kappa shape index (κ2) is 6.59. The fourth-order valence-corrected chi connectivity index (χ4v) is 6.18. The number of nitrogens with zero attached hydrogens (tertiary/aromatic N) is 2. The number of benzene rings is 1. The van der Waals surface area contributed by atoms with E-state index in [4.69, 9.17) is 17.0 Å². The van der Waals surface area contributed by atoms with Crippen LogP contribution >= 0.6 is 22.9 Å². The number of aromatic nitrogens is 1. The van der Waals surface area contributed by atoms with Crippen LogP contribution in [-0.4, -0.2) is 64.5 Å². The van der Waals surface area contributed by atoms with E-state index in [1.165, 1.54) is 16.2 Å². The SMILES string of the molecule is N=C1C(c2nc(-c3ccc(Cl)cc3)cs2)=C(O)CN1[C@@H]1CS(=O)(=O)C[C@H]1O. The summed E-state index contributed by atoms with van der Waals surface area (Å²) in [5.74, 6) is -0.625. The van der Waals surface area contributed by atoms with Crippen LogP contribution in [-0.2, 0) is 9.84 Å². The Balaban J connectivity index is 1.60. The Hall–Kier alpha value is -1.94. The molecule has 0 amide bonds. The van der Waals surface area contributed by atoms with Crippen LogP contribution in [0.25, 0.3) is 16.8 Å². The molecule has 142 valence electrons. The van der Waals surface area contributed by atoms with Crippen LogP contribution in [0.2, 0.25) is 5.02 Å². The number of sulfone groups is 1. The van der Waals surface area contributed by atoms with Gasteiger partial charge in [-0.3, -0.25) is 5.41 Å². The van der Waals surface area contributed by atoms with E-state index in [2.05, 4.69) is 4.98 Å². The van der Waals surface area contributed by atoms with Gasteiger partial charge in [0.15, 0.2) is 9.84 Å². The van der Waals surface area contributed by atoms with Crippen LogP contribution in [0.1, 0.15) is 5.01 Å². The summed E-state index contributed by atoms with van der Waals surface area (Å²) in [4.78, 5) is 5.94. The van der Waals surface area contributed by atoms with Gasteiger partial charge >= 0.3 is 0 Å². The maximum absolute atomic E-state index is 11.8. The third kappa shape index (κ3) is 3.36. The van der Waals surface area contributed by atoms with Crippen molar-refractivity contribution in [2.24, 2.45) is 0 Å². The second-order valence-corrected chi connectivity index (χ2v) is 10.0. The highest BCUT2D eigenvalue weighted by Crippen LogP contribution is 2.34. The van der Waals surface area contributed by atoms with Gasteiger partial charge in [-0.2, -0.15) is 0 Å². The molecule has 1 fully saturated rings. The maximum atomic E-state index is 11.8. The van der Waals surface area contributed by atoms with Crippen molar-refractivity contribution in [2.45, 2.75) is 12.1 Å². The quantitative estimate of drug-likeness (QED) is 0.694. The summed E-state index contributed by atoms with van der Waals surface area (Å²) in [5, 5.41) is 31.8. The number of amidine groups is 1. The summed E-state index contributed by atoms with van der Waals surface area (Å²) in [7, 11) is -3.35. The van der Waals surface area contributed by atoms with Crippen molar-refractivity contribution in [1.29, 1.82) is 5.41 Å². The van der Waals surface area contributed by atoms with E-state index in [1.54, 1.807) is 12.1 Å². The zero-order chi connectivity index (χ0) is 19.3. The largest absolute Gasteiger partial charge is 0.510 e. The highest BCUT2D eigenvalue weighted by molar-refractivity contribution is 7.91. The second-order valence-electron chi connectivity index (χ2n) is 6.55. The molecule has 0 unspecified atom stereocenters. The number of rotatable bonds is 3. The summed E-state index contributed by atoms with van der Waals surface area (Å²) in [5.41, 5.74) is 1.83. The lowest BCUT2D eigenvalue weighted by Gasteiger charge is -2.27. The van der Waals surface area contributed by atoms with Gasteiger partial charge in [0.05, 0.1) is 41.5 Å². The molecule has 0 radical (unpaired) electrons. The molecular formula is C17H16ClN3O4S2. The van der Waals surface area contributed by atoms with E-state index in [0.29, 0.717) is 15.7 Å². The summed E-state index contributed by atoms with van der Waals surface area (Å²) < 4.78 is 23.6. The topological polar surface area (TPSA) is 115 Å². The van der Waals surface area contributed by atoms with Crippen molar-refractivity contribution in [3.05, 3.63) is 45.4 Å². The molecule has 2 aromatic rings. The molecule has 2 aliphatic heterocycles. The zero-order valence-corrected chi connectivity index (χ0v) is 16.4. The minimum Gasteiger partial charge on any atom is -0.510 e. The normalized spacial score (nSPS) is 24.8. The van der Waals surface area contributed by atoms with Crippen LogP contribution in [0.3, 0.4) is 0 Å². The minimum atomic E-state index is -3.35. The maximum Gasteiger partial charge on any atom is 0.155 e. The lowest BCUT2D eigenvalue weighted by molar-refractivity contribution is 0.124. The van der Waals surface area contributed by atoms with Gasteiger partial charge in [0.1, 0.15) is 16.6 Å². The van der Waals surface area contributed by atoms with E-state index < -0.39 is 22.0 Å². The predicted octanol–water partition coefficient (Wildman–Crippen LogP) is 2.18. The molecule has 4 rings (SSSR count). The Bertz CT molecular complexity index is 1050. The van der Waals surface area contributed by atoms with Crippen LogP contribution in [0.15, 0.2) is 35.4 Å². The molecule has 1 saturated heterocycles. The molecule has 0 spiro atoms. The van der Waals surface area contributed by atoms with Gasteiger partial charge in [0.25, 0.3) is 0 Å². The smallest absolute Gasteiger partial charge is 0.155 e. The number of aliphatic hydroxyl groups excluding tert-OH is 2. The molecule has 27 heavy (non-hydrogen) atoms. The average Bonchev–Trinajstić information content (AvgIpc) is 3.24. The summed E-state index contributed by atoms with van der Waals surface area (Å²) >= 11 is 7.19. The fourth-order valence-electron chi connectivity index (χ4n) is 3.36. The molecular weight excluding hydrogens is 410 g/mol. The van der Waals surface area contributed by atoms with E-state index in [9.17, 15) is 18.6 Å². The number of aliphatic hydroxyl groups is 2. The molecule has 7 nitrogen and oxygen atoms in total. The monoisotopic (exact) mass is 425 g/mol. The first-order valence-corrected chi connectivity index (χ1v) is 11.2. The first-order valence-electron chi connectivity index (χ1n) is 8.13. The molecule has 3 heterocycles. The molecule has 0 saturated carbocycles. The van der Waals surface area contributed by atoms with Crippen molar-refractivity contribution >= 4 is 44.2 Å². The summed E-state index contributed by atoms with van der Waals surface area (Å²) in [6, 6.07) is 6.45. The molecule has 0 aliphatic carbocycles. The van der Waals surface area contributed by atoms with Crippen molar-refractivity contribution in [3.8, 4) is 11.3 Å². The third-order valence-electron chi connectivity index (χ3n) is 4.68. The number of thiazole rings is 1. The average molecular weight is 426 g/mol. The molecule has 0 bridgehead atoms. The first-order chi connectivity index (χ1) is 12.7. The lowest BCUT2D eigenvalue weighted by Crippen LogP contribution is -2.44. The van der Waals surface area contributed by atoms with Crippen molar-refractivity contribution in [3.63, 3.8) is 0 Å². The van der Waals surface area contributed by atoms with Gasteiger partial charge < -0.3 is 15.1 Å². The van der Waals surface area contributed by atoms with Crippen molar-refractivity contribution in [2.75, 3.05) is 18.1 Å². The van der Waals surface area contributed by atoms with Crippen LogP contribution in [0.5, 0.6) is 0 Å². The fraction of sp³-hybridized carbons (Fsp3) is 0.294. The lowest BCUT2D eigenvalue weighted by atomic mass is 10.1.